The van der Waals surface area contributed by atoms with Crippen LogP contribution in [0.3, 0.4) is 0 Å². The Morgan fingerprint density at radius 1 is 1.16 bits per heavy atom. The van der Waals surface area contributed by atoms with Crippen LogP contribution in [0.25, 0.3) is 10.2 Å². The van der Waals surface area contributed by atoms with Crippen LogP contribution in [0, 0.1) is 0 Å². The van der Waals surface area contributed by atoms with E-state index in [-0.39, 0.29) is 10.8 Å². The van der Waals surface area contributed by atoms with Crippen LogP contribution in [0.1, 0.15) is 23.2 Å². The van der Waals surface area contributed by atoms with E-state index in [4.69, 9.17) is 0 Å². The number of hydrogen-bond donors (Lipinski definition) is 1. The maximum absolute atomic E-state index is 13.3. The van der Waals surface area contributed by atoms with Gasteiger partial charge in [0.2, 0.25) is 10.0 Å². The summed E-state index contributed by atoms with van der Waals surface area (Å²) in [7, 11) is -0.684. The topological polar surface area (TPSA) is 82.6 Å². The molecule has 0 saturated carbocycles. The van der Waals surface area contributed by atoms with Crippen LogP contribution in [-0.2, 0) is 10.0 Å². The van der Waals surface area contributed by atoms with E-state index >= 15 is 0 Å². The van der Waals surface area contributed by atoms with Crippen molar-refractivity contribution in [3.63, 3.8) is 0 Å². The third kappa shape index (κ3) is 4.43. The fourth-order valence-corrected chi connectivity index (χ4v) is 6.03. The first kappa shape index (κ1) is 22.1. The molecule has 0 unspecified atom stereocenters. The molecule has 1 N–H and O–H groups in total. The molecule has 4 rings (SSSR count). The van der Waals surface area contributed by atoms with E-state index in [1.165, 1.54) is 20.2 Å². The lowest BCUT2D eigenvalue weighted by Gasteiger charge is -2.22. The summed E-state index contributed by atoms with van der Waals surface area (Å²) in [6.45, 7) is 1.70. The number of benzene rings is 2. The van der Waals surface area contributed by atoms with Gasteiger partial charge in [0, 0.05) is 38.6 Å². The first-order chi connectivity index (χ1) is 14.8. The molecule has 0 spiro atoms. The minimum atomic E-state index is -3.65. The smallest absolute Gasteiger partial charge is 0.257 e. The summed E-state index contributed by atoms with van der Waals surface area (Å²) < 4.78 is 28.4. The molecule has 0 atom stereocenters. The second-order valence-corrected chi connectivity index (χ2v) is 11.7. The average Bonchev–Trinajstić information content (AvgIpc) is 3.42. The Bertz CT molecular complexity index is 1230. The minimum Gasteiger partial charge on any atom is -0.371 e. The summed E-state index contributed by atoms with van der Waals surface area (Å²) >= 11 is 3.16. The van der Waals surface area contributed by atoms with Crippen molar-refractivity contribution in [3.8, 4) is 0 Å². The van der Waals surface area contributed by atoms with Crippen molar-refractivity contribution in [3.05, 3.63) is 42.0 Å². The number of nitrogens with zero attached hydrogens (tertiary/aromatic N) is 3. The first-order valence-corrected chi connectivity index (χ1v) is 13.3. The van der Waals surface area contributed by atoms with Crippen molar-refractivity contribution >= 4 is 60.6 Å². The Labute approximate surface area is 190 Å². The van der Waals surface area contributed by atoms with Gasteiger partial charge in [0.05, 0.1) is 20.7 Å². The molecule has 10 heteroatoms. The lowest BCUT2D eigenvalue weighted by molar-refractivity contribution is 0.102. The molecule has 7 nitrogen and oxygen atoms in total. The van der Waals surface area contributed by atoms with Crippen molar-refractivity contribution in [2.75, 3.05) is 43.7 Å². The van der Waals surface area contributed by atoms with E-state index in [9.17, 15) is 13.2 Å². The molecule has 2 aromatic carbocycles. The molecule has 31 heavy (non-hydrogen) atoms. The third-order valence-corrected chi connectivity index (χ3v) is 9.05. The monoisotopic (exact) mass is 476 g/mol. The van der Waals surface area contributed by atoms with Crippen LogP contribution in [0.2, 0.25) is 0 Å². The lowest BCUT2D eigenvalue weighted by atomic mass is 10.1. The van der Waals surface area contributed by atoms with Gasteiger partial charge in [-0.3, -0.25) is 4.79 Å². The Morgan fingerprint density at radius 2 is 1.90 bits per heavy atom. The normalized spacial score (nSPS) is 14.5. The molecular weight excluding hydrogens is 452 g/mol. The molecule has 0 aliphatic carbocycles. The van der Waals surface area contributed by atoms with Crippen LogP contribution < -0.4 is 10.2 Å². The molecule has 3 aromatic rings. The van der Waals surface area contributed by atoms with E-state index in [0.717, 1.165) is 50.5 Å². The van der Waals surface area contributed by atoms with Gasteiger partial charge in [-0.2, -0.15) is 0 Å². The first-order valence-electron chi connectivity index (χ1n) is 9.87. The summed E-state index contributed by atoms with van der Waals surface area (Å²) in [5.41, 5.74) is 2.67. The van der Waals surface area contributed by atoms with Gasteiger partial charge >= 0.3 is 0 Å². The number of carbonyl (C=O) groups is 1. The van der Waals surface area contributed by atoms with Crippen LogP contribution in [0.4, 0.5) is 11.4 Å². The van der Waals surface area contributed by atoms with Gasteiger partial charge in [-0.25, -0.2) is 17.7 Å². The summed E-state index contributed by atoms with van der Waals surface area (Å²) in [4.78, 5) is 20.0. The zero-order valence-electron chi connectivity index (χ0n) is 17.6. The van der Waals surface area contributed by atoms with Gasteiger partial charge in [-0.1, -0.05) is 11.8 Å². The van der Waals surface area contributed by atoms with Crippen molar-refractivity contribution in [1.29, 1.82) is 0 Å². The van der Waals surface area contributed by atoms with Gasteiger partial charge in [-0.05, 0) is 55.5 Å². The van der Waals surface area contributed by atoms with Crippen LogP contribution in [-0.4, -0.2) is 57.1 Å². The van der Waals surface area contributed by atoms with Crippen LogP contribution >= 0.6 is 23.1 Å². The highest BCUT2D eigenvalue weighted by Gasteiger charge is 2.24. The Kier molecular flexibility index (Phi) is 6.25. The molecule has 1 aliphatic rings. The average molecular weight is 477 g/mol. The zero-order valence-corrected chi connectivity index (χ0v) is 20.0. The predicted octanol–water partition coefficient (Wildman–Crippen LogP) is 4.12. The Hall–Kier alpha value is -2.14. The van der Waals surface area contributed by atoms with Crippen LogP contribution in [0.15, 0.2) is 45.6 Å². The molecule has 1 saturated heterocycles. The van der Waals surface area contributed by atoms with Gasteiger partial charge in [0.1, 0.15) is 0 Å². The van der Waals surface area contributed by atoms with Crippen molar-refractivity contribution < 1.29 is 13.2 Å². The van der Waals surface area contributed by atoms with E-state index in [1.54, 1.807) is 35.2 Å². The Morgan fingerprint density at radius 3 is 2.58 bits per heavy atom. The highest BCUT2D eigenvalue weighted by Crippen LogP contribution is 2.32. The SMILES string of the molecule is CSc1nc2ccc(NC(=O)c3cc(S(=O)(=O)N(C)C)ccc3N3CCCC3)cc2s1. The number of rotatable bonds is 6. The second-order valence-electron chi connectivity index (χ2n) is 7.48. The molecule has 164 valence electrons. The van der Waals surface area contributed by atoms with Crippen LogP contribution in [0.5, 0.6) is 0 Å². The lowest BCUT2D eigenvalue weighted by Crippen LogP contribution is -2.25. The number of anilines is 2. The van der Waals surface area contributed by atoms with E-state index in [2.05, 4.69) is 15.2 Å². The van der Waals surface area contributed by atoms with Gasteiger partial charge in [-0.15, -0.1) is 11.3 Å². The fourth-order valence-electron chi connectivity index (χ4n) is 3.57. The second kappa shape index (κ2) is 8.78. The molecule has 0 bridgehead atoms. The molecule has 1 amide bonds. The minimum absolute atomic E-state index is 0.105. The summed E-state index contributed by atoms with van der Waals surface area (Å²) in [6.07, 6.45) is 4.09. The van der Waals surface area contributed by atoms with Gasteiger partial charge in [0.25, 0.3) is 5.91 Å². The molecule has 1 aliphatic heterocycles. The molecule has 1 aromatic heterocycles. The number of hydrogen-bond acceptors (Lipinski definition) is 7. The number of thioether (sulfide) groups is 1. The number of sulfonamides is 1. The summed E-state index contributed by atoms with van der Waals surface area (Å²) in [5.74, 6) is -0.327. The van der Waals surface area contributed by atoms with E-state index in [0.29, 0.717) is 11.3 Å². The highest BCUT2D eigenvalue weighted by molar-refractivity contribution is 8.00. The third-order valence-electron chi connectivity index (χ3n) is 5.24. The Balaban J connectivity index is 1.71. The number of carbonyl (C=O) groups excluding carboxylic acids is 1. The van der Waals surface area contributed by atoms with Gasteiger partial charge < -0.3 is 10.2 Å². The van der Waals surface area contributed by atoms with Gasteiger partial charge in [0.15, 0.2) is 4.34 Å². The summed E-state index contributed by atoms with van der Waals surface area (Å²) in [5, 5.41) is 2.95. The quantitative estimate of drug-likeness (QED) is 0.539. The summed E-state index contributed by atoms with van der Waals surface area (Å²) in [6, 6.07) is 10.4. The number of aromatic nitrogens is 1. The van der Waals surface area contributed by atoms with Crippen molar-refractivity contribution in [2.45, 2.75) is 22.1 Å². The number of amides is 1. The van der Waals surface area contributed by atoms with Crippen molar-refractivity contribution in [2.24, 2.45) is 0 Å². The maximum atomic E-state index is 13.3. The van der Waals surface area contributed by atoms with E-state index in [1.807, 2.05) is 24.5 Å². The maximum Gasteiger partial charge on any atom is 0.257 e. The number of thiazole rings is 1. The predicted molar refractivity (Wildman–Crippen MR) is 128 cm³/mol. The molecular formula is C21H24N4O3S3. The largest absolute Gasteiger partial charge is 0.371 e. The number of nitrogens with one attached hydrogen (secondary N) is 1. The van der Waals surface area contributed by atoms with Crippen molar-refractivity contribution in [1.82, 2.24) is 9.29 Å². The molecule has 1 fully saturated rings. The standard InChI is InChI=1S/C21H24N4O3S3/c1-24(2)31(27,28)15-7-9-18(25-10-4-5-11-25)16(13-15)20(26)22-14-6-8-17-19(12-14)30-21(23-17)29-3/h6-9,12-13H,4-5,10-11H2,1-3H3,(H,22,26). The molecule has 0 radical (unpaired) electrons. The number of fused-ring (bicyclic) bond motifs is 1. The molecule has 2 heterocycles. The van der Waals surface area contributed by atoms with E-state index < -0.39 is 10.0 Å². The zero-order chi connectivity index (χ0) is 22.2. The highest BCUT2D eigenvalue weighted by atomic mass is 32.2. The fraction of sp³-hybridized carbons (Fsp3) is 0.333.